The van der Waals surface area contributed by atoms with Gasteiger partial charge in [0.15, 0.2) is 0 Å². The normalized spacial score (nSPS) is 13.6. The van der Waals surface area contributed by atoms with Crippen LogP contribution in [0.1, 0.15) is 40.0 Å². The summed E-state index contributed by atoms with van der Waals surface area (Å²) < 4.78 is 0. The maximum atomic E-state index is 2.46. The average molecular weight is 187 g/mol. The standard InChI is InChI=1S/C11H24P/c1-6-8-9-10-12(4,5)11(3)7-2/h7H,6,8-10H2,1-5H3/q+1/b11-7+. The van der Waals surface area contributed by atoms with E-state index in [-0.39, 0.29) is 0 Å². The predicted octanol–water partition coefficient (Wildman–Crippen LogP) is 4.38. The van der Waals surface area contributed by atoms with Gasteiger partial charge in [0.1, 0.15) is 0 Å². The van der Waals surface area contributed by atoms with Crippen LogP contribution in [0.3, 0.4) is 0 Å². The first kappa shape index (κ1) is 12.2. The molecule has 0 aliphatic carbocycles. The van der Waals surface area contributed by atoms with E-state index in [0.717, 1.165) is 0 Å². The van der Waals surface area contributed by atoms with Gasteiger partial charge in [-0.25, -0.2) is 0 Å². The molecule has 0 fully saturated rings. The summed E-state index contributed by atoms with van der Waals surface area (Å²) in [4.78, 5) is 0. The van der Waals surface area contributed by atoms with Crippen LogP contribution >= 0.6 is 7.26 Å². The van der Waals surface area contributed by atoms with Gasteiger partial charge in [-0.1, -0.05) is 19.8 Å². The van der Waals surface area contributed by atoms with Crippen LogP contribution in [0.15, 0.2) is 11.4 Å². The molecular weight excluding hydrogens is 163 g/mol. The molecule has 0 aromatic heterocycles. The lowest BCUT2D eigenvalue weighted by atomic mass is 10.3. The van der Waals surface area contributed by atoms with Gasteiger partial charge >= 0.3 is 0 Å². The van der Waals surface area contributed by atoms with Gasteiger partial charge in [-0.15, -0.1) is 0 Å². The molecule has 0 rings (SSSR count). The molecule has 1 heteroatoms. The van der Waals surface area contributed by atoms with Gasteiger partial charge in [-0.3, -0.25) is 0 Å². The van der Waals surface area contributed by atoms with Crippen molar-refractivity contribution in [1.29, 1.82) is 0 Å². The summed E-state index contributed by atoms with van der Waals surface area (Å²) in [5.41, 5.74) is 0. The van der Waals surface area contributed by atoms with E-state index in [4.69, 9.17) is 0 Å². The smallest absolute Gasteiger partial charge is 0.0636 e. The molecule has 0 aliphatic rings. The molecule has 0 bridgehead atoms. The lowest BCUT2D eigenvalue weighted by Gasteiger charge is -2.17. The number of allylic oxidation sites excluding steroid dienone is 2. The minimum Gasteiger partial charge on any atom is -0.0654 e. The van der Waals surface area contributed by atoms with Crippen molar-refractivity contribution >= 4 is 7.26 Å². The lowest BCUT2D eigenvalue weighted by molar-refractivity contribution is 0.774. The van der Waals surface area contributed by atoms with Crippen LogP contribution in [0, 0.1) is 0 Å². The summed E-state index contributed by atoms with van der Waals surface area (Å²) in [6.07, 6.45) is 7.90. The molecule has 0 spiro atoms. The number of hydrogen-bond acceptors (Lipinski definition) is 0. The van der Waals surface area contributed by atoms with Crippen molar-refractivity contribution in [3.8, 4) is 0 Å². The highest BCUT2D eigenvalue weighted by molar-refractivity contribution is 7.78. The molecule has 0 saturated heterocycles. The van der Waals surface area contributed by atoms with Gasteiger partial charge in [0, 0.05) is 7.26 Å². The van der Waals surface area contributed by atoms with Gasteiger partial charge in [-0.2, -0.15) is 0 Å². The summed E-state index contributed by atoms with van der Waals surface area (Å²) in [5, 5.41) is 1.64. The minimum atomic E-state index is -0.702. The Hall–Kier alpha value is 0.170. The second-order valence-corrected chi connectivity index (χ2v) is 8.57. The highest BCUT2D eigenvalue weighted by atomic mass is 31.2. The highest BCUT2D eigenvalue weighted by Crippen LogP contribution is 2.59. The van der Waals surface area contributed by atoms with Crippen molar-refractivity contribution in [2.24, 2.45) is 0 Å². The highest BCUT2D eigenvalue weighted by Gasteiger charge is 2.25. The Morgan fingerprint density at radius 1 is 1.25 bits per heavy atom. The van der Waals surface area contributed by atoms with Crippen molar-refractivity contribution in [1.82, 2.24) is 0 Å². The predicted molar refractivity (Wildman–Crippen MR) is 62.6 cm³/mol. The minimum absolute atomic E-state index is 0.702. The molecule has 0 atom stereocenters. The van der Waals surface area contributed by atoms with Crippen LogP contribution in [0.4, 0.5) is 0 Å². The Kier molecular flexibility index (Phi) is 5.84. The molecular formula is C11H24P+. The van der Waals surface area contributed by atoms with Crippen LogP contribution in [-0.2, 0) is 0 Å². The molecule has 0 radical (unpaired) electrons. The second kappa shape index (κ2) is 5.75. The van der Waals surface area contributed by atoms with E-state index in [1.165, 1.54) is 25.4 Å². The molecule has 0 aliphatic heterocycles. The fourth-order valence-corrected chi connectivity index (χ4v) is 3.35. The Bertz CT molecular complexity index is 145. The number of hydrogen-bond donors (Lipinski definition) is 0. The van der Waals surface area contributed by atoms with E-state index in [2.05, 4.69) is 40.2 Å². The van der Waals surface area contributed by atoms with E-state index in [1.54, 1.807) is 5.31 Å². The van der Waals surface area contributed by atoms with Gasteiger partial charge in [0.25, 0.3) is 0 Å². The molecule has 72 valence electrons. The van der Waals surface area contributed by atoms with E-state index < -0.39 is 7.26 Å². The zero-order valence-corrected chi connectivity index (χ0v) is 10.2. The first-order chi connectivity index (χ1) is 5.54. The van der Waals surface area contributed by atoms with Gasteiger partial charge in [0.05, 0.1) is 24.8 Å². The molecule has 0 aromatic carbocycles. The van der Waals surface area contributed by atoms with Gasteiger partial charge < -0.3 is 0 Å². The molecule has 0 amide bonds. The third-order valence-electron chi connectivity index (χ3n) is 2.69. The van der Waals surface area contributed by atoms with Crippen molar-refractivity contribution < 1.29 is 0 Å². The third kappa shape index (κ3) is 4.26. The maximum Gasteiger partial charge on any atom is 0.0636 e. The maximum absolute atomic E-state index is 2.46. The van der Waals surface area contributed by atoms with Crippen LogP contribution < -0.4 is 0 Å². The quantitative estimate of drug-likeness (QED) is 0.442. The first-order valence-corrected chi connectivity index (χ1v) is 7.88. The largest absolute Gasteiger partial charge is 0.0654 e. The molecule has 0 saturated carbocycles. The van der Waals surface area contributed by atoms with Gasteiger partial charge in [-0.05, 0) is 26.3 Å². The Morgan fingerprint density at radius 3 is 2.25 bits per heavy atom. The molecule has 0 unspecified atom stereocenters. The van der Waals surface area contributed by atoms with Crippen molar-refractivity contribution in [3.05, 3.63) is 11.4 Å². The number of rotatable bonds is 5. The van der Waals surface area contributed by atoms with Crippen molar-refractivity contribution in [2.75, 3.05) is 19.5 Å². The summed E-state index contributed by atoms with van der Waals surface area (Å²) in [7, 11) is -0.702. The molecule has 0 heterocycles. The summed E-state index contributed by atoms with van der Waals surface area (Å²) in [6.45, 7) is 11.6. The zero-order chi connectivity index (χ0) is 9.61. The SMILES string of the molecule is C/C=C(\C)[P+](C)(C)CCCCC. The van der Waals surface area contributed by atoms with Crippen LogP contribution in [0.5, 0.6) is 0 Å². The van der Waals surface area contributed by atoms with Crippen LogP contribution in [0.25, 0.3) is 0 Å². The van der Waals surface area contributed by atoms with Crippen LogP contribution in [-0.4, -0.2) is 19.5 Å². The fourth-order valence-electron chi connectivity index (χ4n) is 1.28. The Labute approximate surface area is 78.8 Å². The van der Waals surface area contributed by atoms with Crippen LogP contribution in [0.2, 0.25) is 0 Å². The molecule has 12 heavy (non-hydrogen) atoms. The Balaban J connectivity index is 3.87. The Morgan fingerprint density at radius 2 is 1.83 bits per heavy atom. The monoisotopic (exact) mass is 187 g/mol. The molecule has 0 aromatic rings. The van der Waals surface area contributed by atoms with E-state index in [1.807, 2.05) is 0 Å². The van der Waals surface area contributed by atoms with Crippen molar-refractivity contribution in [2.45, 2.75) is 40.0 Å². The molecule has 0 nitrogen and oxygen atoms in total. The zero-order valence-electron chi connectivity index (χ0n) is 9.35. The number of unbranched alkanes of at least 4 members (excludes halogenated alkanes) is 2. The first-order valence-electron chi connectivity index (χ1n) is 5.01. The van der Waals surface area contributed by atoms with E-state index >= 15 is 0 Å². The fraction of sp³-hybridized carbons (Fsp3) is 0.818. The summed E-state index contributed by atoms with van der Waals surface area (Å²) >= 11 is 0. The third-order valence-corrected chi connectivity index (χ3v) is 6.30. The van der Waals surface area contributed by atoms with E-state index in [0.29, 0.717) is 0 Å². The average Bonchev–Trinajstić information content (AvgIpc) is 2.03. The molecule has 0 N–H and O–H groups in total. The summed E-state index contributed by atoms with van der Waals surface area (Å²) in [6, 6.07) is 0. The second-order valence-electron chi connectivity index (χ2n) is 4.05. The van der Waals surface area contributed by atoms with Crippen molar-refractivity contribution in [3.63, 3.8) is 0 Å². The summed E-state index contributed by atoms with van der Waals surface area (Å²) in [5.74, 6) is 0. The topological polar surface area (TPSA) is 0 Å². The van der Waals surface area contributed by atoms with Gasteiger partial charge in [0.2, 0.25) is 0 Å². The van der Waals surface area contributed by atoms with E-state index in [9.17, 15) is 0 Å². The lowest BCUT2D eigenvalue weighted by Crippen LogP contribution is -1.96.